The predicted octanol–water partition coefficient (Wildman–Crippen LogP) is 1.83. The third-order valence-corrected chi connectivity index (χ3v) is 5.03. The number of methoxy groups -OCH3 is 1. The van der Waals surface area contributed by atoms with Gasteiger partial charge in [-0.2, -0.15) is 8.78 Å². The zero-order valence-electron chi connectivity index (χ0n) is 15.9. The molecule has 0 aliphatic carbocycles. The minimum Gasteiger partial charge on any atom is -0.497 e. The molecule has 0 radical (unpaired) electrons. The van der Waals surface area contributed by atoms with Gasteiger partial charge in [-0.1, -0.05) is 6.07 Å². The predicted molar refractivity (Wildman–Crippen MR) is 102 cm³/mol. The number of anilines is 1. The molecule has 0 aromatic heterocycles. The van der Waals surface area contributed by atoms with Crippen molar-refractivity contribution in [3.05, 3.63) is 59.4 Å². The van der Waals surface area contributed by atoms with Crippen molar-refractivity contribution in [3.63, 3.8) is 0 Å². The van der Waals surface area contributed by atoms with Crippen LogP contribution in [0.1, 0.15) is 15.9 Å². The van der Waals surface area contributed by atoms with Crippen molar-refractivity contribution in [2.75, 3.05) is 17.7 Å². The first-order chi connectivity index (χ1) is 14.0. The highest BCUT2D eigenvalue weighted by Gasteiger charge is 2.21. The summed E-state index contributed by atoms with van der Waals surface area (Å²) in [5.74, 6) is -3.13. The quantitative estimate of drug-likeness (QED) is 0.633. The standard InChI is InChI=1S/C18H18F3N3O5S/c1-29-14-7-5-13(6-8-14)24(30(2,27)28)10-12-4-3-11(9-15(12)19)17(25)22-23-18(26)16(20)21/h3-9,16H,10H2,1-2H3,(H,22,25)(H,23,26). The molecular weight excluding hydrogens is 427 g/mol. The lowest BCUT2D eigenvalue weighted by molar-refractivity contribution is -0.132. The molecule has 0 fully saturated rings. The molecule has 0 aliphatic rings. The molecule has 0 saturated heterocycles. The Balaban J connectivity index is 2.21. The van der Waals surface area contributed by atoms with Gasteiger partial charge < -0.3 is 4.74 Å². The smallest absolute Gasteiger partial charge is 0.317 e. The summed E-state index contributed by atoms with van der Waals surface area (Å²) in [5, 5.41) is 0. The molecule has 0 atom stereocenters. The van der Waals surface area contributed by atoms with Crippen molar-refractivity contribution in [1.82, 2.24) is 10.9 Å². The van der Waals surface area contributed by atoms with Crippen LogP contribution in [0.25, 0.3) is 0 Å². The van der Waals surface area contributed by atoms with Crippen LogP contribution in [0.15, 0.2) is 42.5 Å². The molecule has 2 aromatic rings. The Bertz CT molecular complexity index is 1030. The molecule has 2 amide bonds. The molecule has 2 rings (SSSR count). The van der Waals surface area contributed by atoms with Crippen molar-refractivity contribution in [2.45, 2.75) is 13.0 Å². The molecule has 30 heavy (non-hydrogen) atoms. The Morgan fingerprint density at radius 2 is 1.73 bits per heavy atom. The first-order valence-electron chi connectivity index (χ1n) is 8.31. The zero-order valence-corrected chi connectivity index (χ0v) is 16.7. The Hall–Kier alpha value is -3.28. The summed E-state index contributed by atoms with van der Waals surface area (Å²) in [7, 11) is -2.32. The number of carbonyl (C=O) groups excluding carboxylic acids is 2. The van der Waals surface area contributed by atoms with Crippen LogP contribution in [0.5, 0.6) is 5.75 Å². The highest BCUT2D eigenvalue weighted by Crippen LogP contribution is 2.24. The van der Waals surface area contributed by atoms with Crippen LogP contribution in [0.2, 0.25) is 0 Å². The number of nitrogens with zero attached hydrogens (tertiary/aromatic N) is 1. The van der Waals surface area contributed by atoms with Crippen molar-refractivity contribution in [2.24, 2.45) is 0 Å². The first-order valence-corrected chi connectivity index (χ1v) is 10.2. The third kappa shape index (κ3) is 5.86. The second-order valence-corrected chi connectivity index (χ2v) is 7.92. The highest BCUT2D eigenvalue weighted by atomic mass is 32.2. The minimum atomic E-state index is -3.78. The lowest BCUT2D eigenvalue weighted by Crippen LogP contribution is -2.44. The van der Waals surface area contributed by atoms with Crippen molar-refractivity contribution >= 4 is 27.5 Å². The number of benzene rings is 2. The van der Waals surface area contributed by atoms with Gasteiger partial charge >= 0.3 is 12.3 Å². The third-order valence-electron chi connectivity index (χ3n) is 3.89. The Morgan fingerprint density at radius 1 is 1.10 bits per heavy atom. The highest BCUT2D eigenvalue weighted by molar-refractivity contribution is 7.92. The molecule has 162 valence electrons. The lowest BCUT2D eigenvalue weighted by atomic mass is 10.1. The summed E-state index contributed by atoms with van der Waals surface area (Å²) in [6.45, 7) is -0.360. The number of ether oxygens (including phenoxy) is 1. The second kappa shape index (κ2) is 9.48. The molecule has 8 nitrogen and oxygen atoms in total. The minimum absolute atomic E-state index is 0.0376. The van der Waals surface area contributed by atoms with Gasteiger partial charge in [0.25, 0.3) is 5.91 Å². The van der Waals surface area contributed by atoms with Crippen LogP contribution in [-0.2, 0) is 21.4 Å². The Kier molecular flexibility index (Phi) is 7.27. The van der Waals surface area contributed by atoms with E-state index < -0.39 is 34.1 Å². The monoisotopic (exact) mass is 445 g/mol. The molecule has 0 saturated carbocycles. The van der Waals surface area contributed by atoms with Crippen molar-refractivity contribution in [1.29, 1.82) is 0 Å². The van der Waals surface area contributed by atoms with Crippen LogP contribution >= 0.6 is 0 Å². The van der Waals surface area contributed by atoms with E-state index in [-0.39, 0.29) is 23.4 Å². The molecule has 0 spiro atoms. The van der Waals surface area contributed by atoms with Crippen LogP contribution in [0.4, 0.5) is 18.9 Å². The number of halogens is 3. The summed E-state index contributed by atoms with van der Waals surface area (Å²) in [4.78, 5) is 22.6. The Morgan fingerprint density at radius 3 is 2.23 bits per heavy atom. The average Bonchev–Trinajstić information content (AvgIpc) is 2.69. The fourth-order valence-corrected chi connectivity index (χ4v) is 3.24. The number of rotatable bonds is 7. The average molecular weight is 445 g/mol. The van der Waals surface area contributed by atoms with Gasteiger partial charge in [0.05, 0.1) is 25.6 Å². The molecule has 0 unspecified atom stereocenters. The van der Waals surface area contributed by atoms with Crippen LogP contribution < -0.4 is 19.9 Å². The van der Waals surface area contributed by atoms with Gasteiger partial charge in [-0.3, -0.25) is 24.7 Å². The maximum absolute atomic E-state index is 14.5. The molecule has 12 heteroatoms. The summed E-state index contributed by atoms with van der Waals surface area (Å²) >= 11 is 0. The summed E-state index contributed by atoms with van der Waals surface area (Å²) in [6, 6.07) is 9.22. The Labute approximate surface area is 170 Å². The molecule has 2 N–H and O–H groups in total. The number of sulfonamides is 1. The zero-order chi connectivity index (χ0) is 22.5. The maximum Gasteiger partial charge on any atom is 0.317 e. The number of hydrogen-bond acceptors (Lipinski definition) is 5. The SMILES string of the molecule is COc1ccc(N(Cc2ccc(C(=O)NNC(=O)C(F)F)cc2F)S(C)(=O)=O)cc1. The van der Waals surface area contributed by atoms with Gasteiger partial charge in [0, 0.05) is 11.1 Å². The summed E-state index contributed by atoms with van der Waals surface area (Å²) in [5.41, 5.74) is 3.19. The topological polar surface area (TPSA) is 105 Å². The van der Waals surface area contributed by atoms with Gasteiger partial charge in [0.2, 0.25) is 10.0 Å². The first kappa shape index (κ1) is 23.0. The van der Waals surface area contributed by atoms with E-state index in [0.717, 1.165) is 22.7 Å². The van der Waals surface area contributed by atoms with Crippen molar-refractivity contribution < 1.29 is 35.9 Å². The van der Waals surface area contributed by atoms with E-state index in [4.69, 9.17) is 4.74 Å². The van der Waals surface area contributed by atoms with E-state index >= 15 is 0 Å². The second-order valence-electron chi connectivity index (χ2n) is 6.02. The van der Waals surface area contributed by atoms with E-state index in [1.54, 1.807) is 17.6 Å². The van der Waals surface area contributed by atoms with E-state index in [9.17, 15) is 31.2 Å². The number of hydrogen-bond donors (Lipinski definition) is 2. The normalized spacial score (nSPS) is 11.1. The fraction of sp³-hybridized carbons (Fsp3) is 0.222. The van der Waals surface area contributed by atoms with Crippen molar-refractivity contribution in [3.8, 4) is 5.75 Å². The van der Waals surface area contributed by atoms with Gasteiger partial charge in [-0.05, 0) is 36.4 Å². The molecule has 0 bridgehead atoms. The van der Waals surface area contributed by atoms with E-state index in [0.29, 0.717) is 5.75 Å². The molecule has 2 aromatic carbocycles. The van der Waals surface area contributed by atoms with Crippen LogP contribution in [-0.4, -0.2) is 40.0 Å². The van der Waals surface area contributed by atoms with E-state index in [1.807, 2.05) is 0 Å². The van der Waals surface area contributed by atoms with Crippen LogP contribution in [0.3, 0.4) is 0 Å². The number of amides is 2. The molecule has 0 aliphatic heterocycles. The largest absolute Gasteiger partial charge is 0.497 e. The number of carbonyl (C=O) groups is 2. The summed E-state index contributed by atoms with van der Waals surface area (Å²) in [6.07, 6.45) is -2.37. The van der Waals surface area contributed by atoms with E-state index in [2.05, 4.69) is 0 Å². The van der Waals surface area contributed by atoms with E-state index in [1.165, 1.54) is 30.7 Å². The van der Waals surface area contributed by atoms with Gasteiger partial charge in [-0.15, -0.1) is 0 Å². The molecule has 0 heterocycles. The number of nitrogens with one attached hydrogen (secondary N) is 2. The number of hydrazine groups is 1. The van der Waals surface area contributed by atoms with Gasteiger partial charge in [0.15, 0.2) is 0 Å². The number of alkyl halides is 2. The fourth-order valence-electron chi connectivity index (χ4n) is 2.37. The lowest BCUT2D eigenvalue weighted by Gasteiger charge is -2.23. The maximum atomic E-state index is 14.5. The van der Waals surface area contributed by atoms with Gasteiger partial charge in [0.1, 0.15) is 11.6 Å². The summed E-state index contributed by atoms with van der Waals surface area (Å²) < 4.78 is 69.1. The molecular formula is C18H18F3N3O5S. The van der Waals surface area contributed by atoms with Crippen LogP contribution in [0, 0.1) is 5.82 Å². The van der Waals surface area contributed by atoms with Gasteiger partial charge in [-0.25, -0.2) is 12.8 Å².